The van der Waals surface area contributed by atoms with Crippen molar-refractivity contribution in [1.82, 2.24) is 4.90 Å². The highest BCUT2D eigenvalue weighted by Gasteiger charge is 2.17. The number of rotatable bonds is 1. The van der Waals surface area contributed by atoms with E-state index in [-0.39, 0.29) is 12.7 Å². The molecule has 0 amide bonds. The molecule has 0 radical (unpaired) electrons. The Morgan fingerprint density at radius 3 is 3.20 bits per heavy atom. The Labute approximate surface area is 59.6 Å². The van der Waals surface area contributed by atoms with E-state index in [0.717, 1.165) is 0 Å². The topological polar surface area (TPSA) is 56.5 Å². The van der Waals surface area contributed by atoms with E-state index in [1.54, 1.807) is 4.90 Å². The smallest absolute Gasteiger partial charge is 0.179 e. The second-order valence-corrected chi connectivity index (χ2v) is 2.22. The number of nitrogens with zero attached hydrogens (tertiary/aromatic N) is 2. The van der Waals surface area contributed by atoms with Gasteiger partial charge in [0.05, 0.1) is 32.4 Å². The Balaban J connectivity index is 2.33. The standard InChI is InChI=1S/C6H10N2O2/c7-5-8-1-2-10-6(3-8)4-9/h6,9H,1-4H2. The lowest BCUT2D eigenvalue weighted by Gasteiger charge is -2.27. The van der Waals surface area contributed by atoms with Crippen LogP contribution in [0.15, 0.2) is 0 Å². The zero-order chi connectivity index (χ0) is 7.40. The molecule has 1 rings (SSSR count). The zero-order valence-electron chi connectivity index (χ0n) is 5.66. The van der Waals surface area contributed by atoms with Crippen LogP contribution in [0.5, 0.6) is 0 Å². The van der Waals surface area contributed by atoms with E-state index >= 15 is 0 Å². The third-order valence-electron chi connectivity index (χ3n) is 1.48. The molecule has 1 heterocycles. The lowest BCUT2D eigenvalue weighted by molar-refractivity contribution is -0.0374. The molecule has 1 atom stereocenters. The van der Waals surface area contributed by atoms with Gasteiger partial charge in [-0.3, -0.25) is 0 Å². The van der Waals surface area contributed by atoms with E-state index in [1.165, 1.54) is 0 Å². The van der Waals surface area contributed by atoms with Crippen LogP contribution < -0.4 is 0 Å². The SMILES string of the molecule is N#CN1CCOC(CO)C1. The molecule has 56 valence electrons. The predicted octanol–water partition coefficient (Wildman–Crippen LogP) is -0.839. The largest absolute Gasteiger partial charge is 0.394 e. The van der Waals surface area contributed by atoms with Gasteiger partial charge in [0.15, 0.2) is 6.19 Å². The van der Waals surface area contributed by atoms with Gasteiger partial charge in [-0.05, 0) is 0 Å². The summed E-state index contributed by atoms with van der Waals surface area (Å²) in [5.74, 6) is 0. The highest BCUT2D eigenvalue weighted by atomic mass is 16.5. The number of aliphatic hydroxyl groups is 1. The second-order valence-electron chi connectivity index (χ2n) is 2.22. The van der Waals surface area contributed by atoms with Crippen LogP contribution in [0.4, 0.5) is 0 Å². The van der Waals surface area contributed by atoms with E-state index in [0.29, 0.717) is 19.7 Å². The molecule has 1 aliphatic rings. The van der Waals surface area contributed by atoms with Crippen molar-refractivity contribution < 1.29 is 9.84 Å². The molecule has 0 aromatic rings. The van der Waals surface area contributed by atoms with E-state index in [4.69, 9.17) is 15.1 Å². The molecule has 1 unspecified atom stereocenters. The van der Waals surface area contributed by atoms with Gasteiger partial charge in [0.25, 0.3) is 0 Å². The molecule has 4 heteroatoms. The average molecular weight is 142 g/mol. The van der Waals surface area contributed by atoms with E-state index < -0.39 is 0 Å². The van der Waals surface area contributed by atoms with Crippen molar-refractivity contribution >= 4 is 0 Å². The number of hydrogen-bond donors (Lipinski definition) is 1. The number of hydrogen-bond acceptors (Lipinski definition) is 4. The molecule has 1 fully saturated rings. The minimum atomic E-state index is -0.173. The minimum absolute atomic E-state index is 0.00181. The van der Waals surface area contributed by atoms with E-state index in [2.05, 4.69) is 0 Å². The van der Waals surface area contributed by atoms with Crippen molar-refractivity contribution in [3.8, 4) is 6.19 Å². The van der Waals surface area contributed by atoms with Crippen LogP contribution >= 0.6 is 0 Å². The summed E-state index contributed by atoms with van der Waals surface area (Å²) < 4.78 is 5.12. The number of morpholine rings is 1. The minimum Gasteiger partial charge on any atom is -0.394 e. The summed E-state index contributed by atoms with van der Waals surface area (Å²) in [5, 5.41) is 17.1. The van der Waals surface area contributed by atoms with Gasteiger partial charge in [0.2, 0.25) is 0 Å². The summed E-state index contributed by atoms with van der Waals surface area (Å²) in [6.07, 6.45) is 1.84. The summed E-state index contributed by atoms with van der Waals surface area (Å²) in [6.45, 7) is 1.71. The fourth-order valence-electron chi connectivity index (χ4n) is 0.921. The Morgan fingerprint density at radius 1 is 1.80 bits per heavy atom. The maximum atomic E-state index is 8.64. The first-order valence-electron chi connectivity index (χ1n) is 3.24. The fraction of sp³-hybridized carbons (Fsp3) is 0.833. The fourth-order valence-corrected chi connectivity index (χ4v) is 0.921. The maximum absolute atomic E-state index is 8.64. The van der Waals surface area contributed by atoms with E-state index in [9.17, 15) is 0 Å². The number of nitriles is 1. The molecule has 0 saturated carbocycles. The normalized spacial score (nSPS) is 26.0. The van der Waals surface area contributed by atoms with Crippen LogP contribution in [0, 0.1) is 11.5 Å². The molecule has 0 aliphatic carbocycles. The highest BCUT2D eigenvalue weighted by molar-refractivity contribution is 4.79. The second kappa shape index (κ2) is 3.40. The number of aliphatic hydroxyl groups excluding tert-OH is 1. The van der Waals surface area contributed by atoms with Gasteiger partial charge in [-0.15, -0.1) is 0 Å². The first kappa shape index (κ1) is 7.32. The third kappa shape index (κ3) is 1.59. The molecule has 1 N–H and O–H groups in total. The highest BCUT2D eigenvalue weighted by Crippen LogP contribution is 2.01. The summed E-state index contributed by atoms with van der Waals surface area (Å²) in [4.78, 5) is 1.59. The van der Waals surface area contributed by atoms with Crippen molar-refractivity contribution in [1.29, 1.82) is 5.26 Å². The van der Waals surface area contributed by atoms with Crippen molar-refractivity contribution in [2.75, 3.05) is 26.3 Å². The van der Waals surface area contributed by atoms with E-state index in [1.807, 2.05) is 6.19 Å². The summed E-state index contributed by atoms with van der Waals surface area (Å²) in [5.41, 5.74) is 0. The van der Waals surface area contributed by atoms with Crippen molar-refractivity contribution in [2.24, 2.45) is 0 Å². The maximum Gasteiger partial charge on any atom is 0.179 e. The molecule has 4 nitrogen and oxygen atoms in total. The summed E-state index contributed by atoms with van der Waals surface area (Å²) in [6, 6.07) is 0. The first-order valence-corrected chi connectivity index (χ1v) is 3.24. The molecule has 0 aromatic heterocycles. The van der Waals surface area contributed by atoms with Crippen LogP contribution in [-0.4, -0.2) is 42.4 Å². The van der Waals surface area contributed by atoms with Crippen LogP contribution in [0.1, 0.15) is 0 Å². The van der Waals surface area contributed by atoms with Crippen molar-refractivity contribution in [3.63, 3.8) is 0 Å². The molecular weight excluding hydrogens is 132 g/mol. The molecule has 10 heavy (non-hydrogen) atoms. The van der Waals surface area contributed by atoms with Crippen molar-refractivity contribution in [3.05, 3.63) is 0 Å². The first-order chi connectivity index (χ1) is 4.86. The van der Waals surface area contributed by atoms with Gasteiger partial charge >= 0.3 is 0 Å². The Morgan fingerprint density at radius 2 is 2.60 bits per heavy atom. The Hall–Kier alpha value is -0.790. The van der Waals surface area contributed by atoms with Crippen LogP contribution in [0.3, 0.4) is 0 Å². The molecule has 0 bridgehead atoms. The molecule has 1 aliphatic heterocycles. The van der Waals surface area contributed by atoms with Crippen molar-refractivity contribution in [2.45, 2.75) is 6.10 Å². The van der Waals surface area contributed by atoms with Crippen LogP contribution in [0.2, 0.25) is 0 Å². The summed E-state index contributed by atoms with van der Waals surface area (Å²) >= 11 is 0. The van der Waals surface area contributed by atoms with Crippen LogP contribution in [-0.2, 0) is 4.74 Å². The lowest BCUT2D eigenvalue weighted by Crippen LogP contribution is -2.41. The predicted molar refractivity (Wildman–Crippen MR) is 34.0 cm³/mol. The van der Waals surface area contributed by atoms with Gasteiger partial charge in [-0.1, -0.05) is 0 Å². The molecule has 1 saturated heterocycles. The Kier molecular flexibility index (Phi) is 2.49. The van der Waals surface area contributed by atoms with Gasteiger partial charge < -0.3 is 14.7 Å². The monoisotopic (exact) mass is 142 g/mol. The van der Waals surface area contributed by atoms with Gasteiger partial charge in [0.1, 0.15) is 0 Å². The summed E-state index contributed by atoms with van der Waals surface area (Å²) in [7, 11) is 0. The molecular formula is C6H10N2O2. The van der Waals surface area contributed by atoms with Gasteiger partial charge in [-0.2, -0.15) is 5.26 Å². The Bertz CT molecular complexity index is 143. The number of ether oxygens (including phenoxy) is 1. The molecule has 0 aromatic carbocycles. The lowest BCUT2D eigenvalue weighted by atomic mass is 10.3. The third-order valence-corrected chi connectivity index (χ3v) is 1.48. The molecule has 0 spiro atoms. The zero-order valence-corrected chi connectivity index (χ0v) is 5.66. The van der Waals surface area contributed by atoms with Crippen LogP contribution in [0.25, 0.3) is 0 Å². The average Bonchev–Trinajstić information content (AvgIpc) is 2.05. The van der Waals surface area contributed by atoms with Gasteiger partial charge in [-0.25, -0.2) is 0 Å². The quantitative estimate of drug-likeness (QED) is 0.485. The van der Waals surface area contributed by atoms with Gasteiger partial charge in [0, 0.05) is 0 Å².